The summed E-state index contributed by atoms with van der Waals surface area (Å²) in [6, 6.07) is 13.8. The molecule has 5 rings (SSSR count). The van der Waals surface area contributed by atoms with Crippen molar-refractivity contribution in [3.63, 3.8) is 0 Å². The van der Waals surface area contributed by atoms with Gasteiger partial charge < -0.3 is 47.7 Å². The van der Waals surface area contributed by atoms with Crippen LogP contribution in [0.15, 0.2) is 54.6 Å². The number of methoxy groups -OCH3 is 1. The van der Waals surface area contributed by atoms with Crippen LogP contribution in [-0.2, 0) is 68.4 Å². The number of rotatable bonds is 13. The van der Waals surface area contributed by atoms with Gasteiger partial charge in [0.25, 0.3) is 11.8 Å². The second kappa shape index (κ2) is 17.4. The van der Waals surface area contributed by atoms with E-state index in [1.54, 1.807) is 12.1 Å². The highest BCUT2D eigenvalue weighted by Gasteiger charge is 2.58. The number of hydrogen-bond donors (Lipinski definition) is 1. The Morgan fingerprint density at radius 2 is 1.21 bits per heavy atom. The fourth-order valence-electron chi connectivity index (χ4n) is 6.48. The normalized spacial score (nSPS) is 29.6. The molecule has 0 spiro atoms. The maximum absolute atomic E-state index is 13.6. The van der Waals surface area contributed by atoms with Crippen molar-refractivity contribution in [2.75, 3.05) is 20.3 Å². The van der Waals surface area contributed by atoms with Crippen LogP contribution in [0.25, 0.3) is 0 Å². The van der Waals surface area contributed by atoms with E-state index in [1.807, 2.05) is 30.3 Å². The van der Waals surface area contributed by atoms with E-state index in [0.717, 1.165) is 38.2 Å². The molecule has 2 aromatic carbocycles. The molecule has 2 amide bonds. The van der Waals surface area contributed by atoms with E-state index in [-0.39, 0.29) is 24.3 Å². The number of nitrogens with zero attached hydrogens (tertiary/aromatic N) is 1. The fraction of sp³-hybridized carbons (Fsp3) is 0.500. The Morgan fingerprint density at radius 3 is 1.77 bits per heavy atom. The van der Waals surface area contributed by atoms with Crippen molar-refractivity contribution < 1.29 is 76.5 Å². The first-order chi connectivity index (χ1) is 25.3. The summed E-state index contributed by atoms with van der Waals surface area (Å²) in [5.74, 6) is -4.73. The van der Waals surface area contributed by atoms with E-state index in [4.69, 9.17) is 42.6 Å². The predicted molar refractivity (Wildman–Crippen MR) is 175 cm³/mol. The molecular formula is C36H41NO16. The largest absolute Gasteiger partial charge is 0.463 e. The Balaban J connectivity index is 1.53. The molecular weight excluding hydrogens is 702 g/mol. The molecule has 2 fully saturated rings. The van der Waals surface area contributed by atoms with E-state index in [1.165, 1.54) is 19.2 Å². The van der Waals surface area contributed by atoms with Crippen LogP contribution in [0.5, 0.6) is 0 Å². The van der Waals surface area contributed by atoms with Crippen molar-refractivity contribution in [3.05, 3.63) is 71.3 Å². The number of fused-ring (bicyclic) bond motifs is 1. The van der Waals surface area contributed by atoms with Crippen molar-refractivity contribution in [1.29, 1.82) is 0 Å². The molecule has 0 unspecified atom stereocenters. The van der Waals surface area contributed by atoms with Gasteiger partial charge in [-0.25, -0.2) is 0 Å². The number of hydrogen-bond acceptors (Lipinski definition) is 16. The lowest BCUT2D eigenvalue weighted by Gasteiger charge is -2.49. The third kappa shape index (κ3) is 9.06. The second-order valence-corrected chi connectivity index (χ2v) is 12.5. The van der Waals surface area contributed by atoms with Gasteiger partial charge >= 0.3 is 23.9 Å². The number of esters is 4. The zero-order chi connectivity index (χ0) is 38.4. The quantitative estimate of drug-likeness (QED) is 0.173. The minimum atomic E-state index is -1.77. The second-order valence-electron chi connectivity index (χ2n) is 12.5. The fourth-order valence-corrected chi connectivity index (χ4v) is 6.48. The van der Waals surface area contributed by atoms with Crippen molar-refractivity contribution >= 4 is 35.7 Å². The average molecular weight is 744 g/mol. The molecule has 53 heavy (non-hydrogen) atoms. The lowest BCUT2D eigenvalue weighted by molar-refractivity contribution is -0.352. The lowest BCUT2D eigenvalue weighted by Crippen LogP contribution is -2.69. The summed E-state index contributed by atoms with van der Waals surface area (Å²) in [6.45, 7) is 3.68. The zero-order valence-corrected chi connectivity index (χ0v) is 29.6. The van der Waals surface area contributed by atoms with Crippen LogP contribution in [0, 0.1) is 0 Å². The molecule has 0 aliphatic carbocycles. The van der Waals surface area contributed by atoms with E-state index >= 15 is 0 Å². The molecule has 3 aliphatic heterocycles. The van der Waals surface area contributed by atoms with E-state index in [0.29, 0.717) is 0 Å². The van der Waals surface area contributed by atoms with Crippen LogP contribution in [0.2, 0.25) is 0 Å². The summed E-state index contributed by atoms with van der Waals surface area (Å²) in [7, 11) is 1.27. The van der Waals surface area contributed by atoms with Crippen molar-refractivity contribution in [3.8, 4) is 0 Å². The Bertz CT molecular complexity index is 1630. The predicted octanol–water partition coefficient (Wildman–Crippen LogP) is 1.07. The van der Waals surface area contributed by atoms with Gasteiger partial charge in [0, 0.05) is 34.8 Å². The van der Waals surface area contributed by atoms with Crippen LogP contribution >= 0.6 is 0 Å². The number of ether oxygens (including phenoxy) is 9. The topological polar surface area (TPSA) is 209 Å². The van der Waals surface area contributed by atoms with E-state index in [2.05, 4.69) is 0 Å². The molecule has 0 radical (unpaired) electrons. The number of benzene rings is 2. The lowest BCUT2D eigenvalue weighted by atomic mass is 9.94. The van der Waals surface area contributed by atoms with Crippen molar-refractivity contribution in [2.24, 2.45) is 0 Å². The zero-order valence-electron chi connectivity index (χ0n) is 29.6. The van der Waals surface area contributed by atoms with Crippen LogP contribution in [0.4, 0.5) is 0 Å². The number of amides is 2. The molecule has 286 valence electrons. The maximum Gasteiger partial charge on any atom is 0.303 e. The van der Waals surface area contributed by atoms with Gasteiger partial charge in [-0.05, 0) is 17.7 Å². The van der Waals surface area contributed by atoms with Gasteiger partial charge in [0.05, 0.1) is 24.3 Å². The molecule has 17 heteroatoms. The number of imide groups is 1. The Kier molecular flexibility index (Phi) is 12.9. The molecule has 0 aromatic heterocycles. The summed E-state index contributed by atoms with van der Waals surface area (Å²) < 4.78 is 51.9. The van der Waals surface area contributed by atoms with Gasteiger partial charge in [-0.3, -0.25) is 33.7 Å². The van der Waals surface area contributed by atoms with Gasteiger partial charge in [0.2, 0.25) is 0 Å². The van der Waals surface area contributed by atoms with E-state index < -0.39 is 104 Å². The molecule has 17 nitrogen and oxygen atoms in total. The molecule has 1 N–H and O–H groups in total. The smallest absolute Gasteiger partial charge is 0.303 e. The first-order valence-electron chi connectivity index (χ1n) is 16.7. The maximum atomic E-state index is 13.6. The minimum absolute atomic E-state index is 0.102. The van der Waals surface area contributed by atoms with Crippen molar-refractivity contribution in [1.82, 2.24) is 4.90 Å². The molecule has 0 bridgehead atoms. The highest BCUT2D eigenvalue weighted by molar-refractivity contribution is 6.21. The van der Waals surface area contributed by atoms with Crippen LogP contribution < -0.4 is 0 Å². The SMILES string of the molecule is CO[C@@H]1O[C@H](COCc2ccccc2)[C@@H](O[C@@H]2O[C@H](COC(C)=O)[C@H](OC(C)=O)[C@H](OC(C)=O)[C@H]2OC(C)=O)[C@H](O)[C@H]1N1C(=O)c2ccccc2C1=O. The Morgan fingerprint density at radius 1 is 0.679 bits per heavy atom. The van der Waals surface area contributed by atoms with Gasteiger partial charge in [0.15, 0.2) is 30.9 Å². The average Bonchev–Trinajstić information content (AvgIpc) is 3.36. The summed E-state index contributed by atoms with van der Waals surface area (Å²) >= 11 is 0. The minimum Gasteiger partial charge on any atom is -0.463 e. The standard InChI is InChI=1S/C36H41NO16/c1-18(38)47-17-26-30(48-19(2)39)31(49-20(3)40)32(50-21(4)41)36(52-26)53-29-25(16-46-15-22-11-7-6-8-12-22)51-35(45-5)27(28(29)42)37-33(43)23-13-9-10-14-24(23)34(37)44/h6-14,25-32,35-36,42H,15-17H2,1-5H3/t25-,26-,27-,28-,29-,30+,31+,32-,35-,36+/m1/s1. The molecule has 0 saturated carbocycles. The van der Waals surface area contributed by atoms with Crippen LogP contribution in [-0.4, -0.2) is 127 Å². The van der Waals surface area contributed by atoms with Gasteiger partial charge in [0.1, 0.15) is 37.1 Å². The van der Waals surface area contributed by atoms with Gasteiger partial charge in [-0.1, -0.05) is 42.5 Å². The molecule has 10 atom stereocenters. The van der Waals surface area contributed by atoms with Crippen LogP contribution in [0.3, 0.4) is 0 Å². The summed E-state index contributed by atoms with van der Waals surface area (Å²) in [4.78, 5) is 76.9. The van der Waals surface area contributed by atoms with Crippen molar-refractivity contribution in [2.45, 2.75) is 95.7 Å². The number of aliphatic hydroxyl groups is 1. The molecule has 2 saturated heterocycles. The third-order valence-electron chi connectivity index (χ3n) is 8.63. The molecule has 3 aliphatic rings. The number of aliphatic hydroxyl groups excluding tert-OH is 1. The molecule has 3 heterocycles. The summed E-state index contributed by atoms with van der Waals surface area (Å²) in [5.41, 5.74) is 1.02. The Hall–Kier alpha value is -4.78. The highest BCUT2D eigenvalue weighted by atomic mass is 16.8. The highest BCUT2D eigenvalue weighted by Crippen LogP contribution is 2.37. The Labute approximate surface area is 304 Å². The van der Waals surface area contributed by atoms with Crippen LogP contribution in [0.1, 0.15) is 54.0 Å². The number of carbonyl (C=O) groups excluding carboxylic acids is 6. The molecule has 2 aromatic rings. The van der Waals surface area contributed by atoms with Gasteiger partial charge in [-0.15, -0.1) is 0 Å². The monoisotopic (exact) mass is 743 g/mol. The van der Waals surface area contributed by atoms with E-state index in [9.17, 15) is 33.9 Å². The van der Waals surface area contributed by atoms with Gasteiger partial charge in [-0.2, -0.15) is 0 Å². The summed E-state index contributed by atoms with van der Waals surface area (Å²) in [5, 5.41) is 12.1. The summed E-state index contributed by atoms with van der Waals surface area (Å²) in [6.07, 6.45) is -13.7. The first-order valence-corrected chi connectivity index (χ1v) is 16.7. The third-order valence-corrected chi connectivity index (χ3v) is 8.63. The number of carbonyl (C=O) groups is 6. The first kappa shape index (κ1) is 39.4.